The Hall–Kier alpha value is -1.79. The highest BCUT2D eigenvalue weighted by molar-refractivity contribution is 6.31. The van der Waals surface area contributed by atoms with E-state index in [-0.39, 0.29) is 13.2 Å². The Balaban J connectivity index is 2.36. The van der Waals surface area contributed by atoms with Gasteiger partial charge in [-0.3, -0.25) is 4.84 Å². The van der Waals surface area contributed by atoms with E-state index in [1.165, 1.54) is 7.05 Å². The molecule has 22 heavy (non-hydrogen) atoms. The van der Waals surface area contributed by atoms with Crippen LogP contribution in [0.2, 0.25) is 5.02 Å². The van der Waals surface area contributed by atoms with Gasteiger partial charge in [-0.2, -0.15) is 5.06 Å². The van der Waals surface area contributed by atoms with E-state index in [9.17, 15) is 9.59 Å². The van der Waals surface area contributed by atoms with Gasteiger partial charge in [0.2, 0.25) is 0 Å². The molecule has 0 N–H and O–H groups in total. The largest absolute Gasteiger partial charge is 0.458 e. The topological polar surface area (TPSA) is 65.1 Å². The highest BCUT2D eigenvalue weighted by atomic mass is 35.5. The van der Waals surface area contributed by atoms with E-state index in [2.05, 4.69) is 0 Å². The van der Waals surface area contributed by atoms with Gasteiger partial charge in [-0.05, 0) is 26.8 Å². The fraction of sp³-hybridized carbons (Fsp3) is 0.467. The Kier molecular flexibility index (Phi) is 6.64. The van der Waals surface area contributed by atoms with Gasteiger partial charge < -0.3 is 9.47 Å². The third kappa shape index (κ3) is 6.78. The summed E-state index contributed by atoms with van der Waals surface area (Å²) < 4.78 is 10.1. The number of rotatable bonds is 5. The molecule has 122 valence electrons. The van der Waals surface area contributed by atoms with Crippen molar-refractivity contribution in [3.63, 3.8) is 0 Å². The molecule has 0 heterocycles. The molecule has 0 aromatic heterocycles. The van der Waals surface area contributed by atoms with Crippen LogP contribution in [0.25, 0.3) is 0 Å². The summed E-state index contributed by atoms with van der Waals surface area (Å²) >= 11 is 5.95. The summed E-state index contributed by atoms with van der Waals surface area (Å²) in [6.07, 6.45) is -0.733. The Bertz CT molecular complexity index is 527. The zero-order chi connectivity index (χ0) is 16.8. The molecule has 0 saturated carbocycles. The Morgan fingerprint density at radius 1 is 1.23 bits per heavy atom. The molecule has 0 fully saturated rings. The van der Waals surface area contributed by atoms with Crippen molar-refractivity contribution >= 4 is 23.7 Å². The van der Waals surface area contributed by atoms with Crippen LogP contribution in [0.4, 0.5) is 4.79 Å². The Morgan fingerprint density at radius 2 is 1.86 bits per heavy atom. The molecular weight excluding hydrogens is 310 g/mol. The lowest BCUT2D eigenvalue weighted by Crippen LogP contribution is -2.33. The van der Waals surface area contributed by atoms with Crippen molar-refractivity contribution in [3.8, 4) is 0 Å². The van der Waals surface area contributed by atoms with Crippen molar-refractivity contribution in [2.45, 2.75) is 33.0 Å². The van der Waals surface area contributed by atoms with E-state index in [1.807, 2.05) is 0 Å². The molecule has 0 radical (unpaired) electrons. The molecular formula is C15H20ClNO5. The highest BCUT2D eigenvalue weighted by Gasteiger charge is 2.19. The van der Waals surface area contributed by atoms with Crippen LogP contribution in [0.5, 0.6) is 0 Å². The van der Waals surface area contributed by atoms with Crippen LogP contribution in [0.1, 0.15) is 26.3 Å². The van der Waals surface area contributed by atoms with Crippen LogP contribution in [-0.4, -0.2) is 36.4 Å². The molecule has 0 atom stereocenters. The monoisotopic (exact) mass is 329 g/mol. The number of hydrogen-bond donors (Lipinski definition) is 0. The molecule has 0 spiro atoms. The second kappa shape index (κ2) is 8.00. The quantitative estimate of drug-likeness (QED) is 0.613. The molecule has 0 unspecified atom stereocenters. The maximum atomic E-state index is 11.7. The lowest BCUT2D eigenvalue weighted by molar-refractivity contribution is -0.178. The number of ether oxygens (including phenoxy) is 2. The van der Waals surface area contributed by atoms with E-state index in [4.69, 9.17) is 25.9 Å². The summed E-state index contributed by atoms with van der Waals surface area (Å²) in [4.78, 5) is 28.2. The predicted octanol–water partition coefficient (Wildman–Crippen LogP) is 3.18. The van der Waals surface area contributed by atoms with Gasteiger partial charge in [-0.15, -0.1) is 0 Å². The number of nitrogens with zero attached hydrogens (tertiary/aromatic N) is 1. The number of hydrogen-bond acceptors (Lipinski definition) is 5. The molecule has 0 aliphatic carbocycles. The van der Waals surface area contributed by atoms with Crippen LogP contribution in [0.15, 0.2) is 24.3 Å². The molecule has 6 nitrogen and oxygen atoms in total. The first-order valence-corrected chi connectivity index (χ1v) is 7.05. The minimum Gasteiger partial charge on any atom is -0.458 e. The highest BCUT2D eigenvalue weighted by Crippen LogP contribution is 2.16. The summed E-state index contributed by atoms with van der Waals surface area (Å²) in [6.45, 7) is 4.86. The minimum absolute atomic E-state index is 0.0125. The minimum atomic E-state index is -0.733. The van der Waals surface area contributed by atoms with E-state index < -0.39 is 17.7 Å². The lowest BCUT2D eigenvalue weighted by Gasteiger charge is -2.21. The third-order valence-electron chi connectivity index (χ3n) is 2.36. The predicted molar refractivity (Wildman–Crippen MR) is 81.2 cm³/mol. The maximum Gasteiger partial charge on any atom is 0.434 e. The molecule has 0 bridgehead atoms. The van der Waals surface area contributed by atoms with Crippen LogP contribution in [0.3, 0.4) is 0 Å². The van der Waals surface area contributed by atoms with E-state index in [0.717, 1.165) is 5.06 Å². The standard InChI is InChI=1S/C15H20ClNO5/c1-15(2,3)22-13(18)10-21-17(4)14(19)20-9-11-7-5-6-8-12(11)16/h5-8H,9-10H2,1-4H3. The van der Waals surface area contributed by atoms with Gasteiger partial charge in [0, 0.05) is 17.6 Å². The van der Waals surface area contributed by atoms with Crippen LogP contribution in [0, 0.1) is 0 Å². The molecule has 1 aromatic rings. The van der Waals surface area contributed by atoms with Crippen molar-refractivity contribution < 1.29 is 23.9 Å². The van der Waals surface area contributed by atoms with Crippen molar-refractivity contribution in [1.82, 2.24) is 5.06 Å². The van der Waals surface area contributed by atoms with Gasteiger partial charge in [-0.25, -0.2) is 9.59 Å². The second-order valence-corrected chi connectivity index (χ2v) is 5.91. The Morgan fingerprint density at radius 3 is 2.45 bits per heavy atom. The van der Waals surface area contributed by atoms with Gasteiger partial charge in [0.25, 0.3) is 0 Å². The van der Waals surface area contributed by atoms with Crippen LogP contribution < -0.4 is 0 Å². The number of esters is 1. The summed E-state index contributed by atoms with van der Waals surface area (Å²) in [5.41, 5.74) is 0.0712. The molecule has 7 heteroatoms. The van der Waals surface area contributed by atoms with Gasteiger partial charge in [0.15, 0.2) is 6.61 Å². The van der Waals surface area contributed by atoms with E-state index in [0.29, 0.717) is 10.6 Å². The van der Waals surface area contributed by atoms with Crippen molar-refractivity contribution in [2.75, 3.05) is 13.7 Å². The van der Waals surface area contributed by atoms with Gasteiger partial charge in [0.05, 0.1) is 0 Å². The molecule has 1 rings (SSSR count). The number of carbonyl (C=O) groups is 2. The lowest BCUT2D eigenvalue weighted by atomic mass is 10.2. The van der Waals surface area contributed by atoms with Gasteiger partial charge in [-0.1, -0.05) is 29.8 Å². The average Bonchev–Trinajstić information content (AvgIpc) is 2.41. The first-order chi connectivity index (χ1) is 10.2. The summed E-state index contributed by atoms with van der Waals surface area (Å²) in [6, 6.07) is 7.02. The maximum absolute atomic E-state index is 11.7. The molecule has 0 aliphatic heterocycles. The first-order valence-electron chi connectivity index (χ1n) is 6.67. The number of benzene rings is 1. The van der Waals surface area contributed by atoms with Crippen molar-refractivity contribution in [2.24, 2.45) is 0 Å². The van der Waals surface area contributed by atoms with Gasteiger partial charge in [0.1, 0.15) is 12.2 Å². The normalized spacial score (nSPS) is 11.0. The number of halogens is 1. The summed E-state index contributed by atoms with van der Waals surface area (Å²) in [7, 11) is 1.35. The average molecular weight is 330 g/mol. The van der Waals surface area contributed by atoms with Crippen LogP contribution >= 0.6 is 11.6 Å². The second-order valence-electron chi connectivity index (χ2n) is 5.50. The first kappa shape index (κ1) is 18.3. The van der Waals surface area contributed by atoms with Crippen molar-refractivity contribution in [1.29, 1.82) is 0 Å². The van der Waals surface area contributed by atoms with E-state index >= 15 is 0 Å². The number of hydroxylamine groups is 2. The number of amides is 1. The van der Waals surface area contributed by atoms with Crippen molar-refractivity contribution in [3.05, 3.63) is 34.9 Å². The van der Waals surface area contributed by atoms with Gasteiger partial charge >= 0.3 is 12.1 Å². The molecule has 1 amide bonds. The fourth-order valence-electron chi connectivity index (χ4n) is 1.42. The molecule has 0 saturated heterocycles. The SMILES string of the molecule is CN(OCC(=O)OC(C)(C)C)C(=O)OCc1ccccc1Cl. The van der Waals surface area contributed by atoms with Crippen LogP contribution in [-0.2, 0) is 25.7 Å². The Labute approximate surface area is 134 Å². The third-order valence-corrected chi connectivity index (χ3v) is 2.73. The summed E-state index contributed by atoms with van der Waals surface area (Å²) in [5.74, 6) is -0.571. The fourth-order valence-corrected chi connectivity index (χ4v) is 1.61. The number of carbonyl (C=O) groups excluding carboxylic acids is 2. The van der Waals surface area contributed by atoms with E-state index in [1.54, 1.807) is 45.0 Å². The molecule has 1 aromatic carbocycles. The smallest absolute Gasteiger partial charge is 0.434 e. The zero-order valence-corrected chi connectivity index (χ0v) is 13.8. The molecule has 0 aliphatic rings. The summed E-state index contributed by atoms with van der Waals surface area (Å²) in [5, 5.41) is 1.34. The zero-order valence-electron chi connectivity index (χ0n) is 13.1.